The van der Waals surface area contributed by atoms with Gasteiger partial charge in [-0.25, -0.2) is 13.7 Å². The van der Waals surface area contributed by atoms with E-state index in [9.17, 15) is 23.2 Å². The molecule has 4 rings (SSSR count). The Kier molecular flexibility index (Phi) is 5.97. The zero-order valence-electron chi connectivity index (χ0n) is 17.0. The fourth-order valence-electron chi connectivity index (χ4n) is 3.83. The number of ether oxygens (including phenoxy) is 2. The van der Waals surface area contributed by atoms with Crippen LogP contribution in [-0.4, -0.2) is 31.3 Å². The Hall–Kier alpha value is -3.26. The number of nitrogens with zero attached hydrogens (tertiary/aromatic N) is 1. The Bertz CT molecular complexity index is 1150. The lowest BCUT2D eigenvalue weighted by atomic mass is 9.93. The highest BCUT2D eigenvalue weighted by atomic mass is 35.5. The van der Waals surface area contributed by atoms with Gasteiger partial charge in [0.15, 0.2) is 6.61 Å². The molecule has 1 aliphatic heterocycles. The molecule has 6 nitrogen and oxygen atoms in total. The Balaban J connectivity index is 1.56. The number of ketones is 1. The lowest BCUT2D eigenvalue weighted by Crippen LogP contribution is -2.32. The van der Waals surface area contributed by atoms with E-state index in [4.69, 9.17) is 21.1 Å². The van der Waals surface area contributed by atoms with Crippen molar-refractivity contribution in [3.05, 3.63) is 63.7 Å². The van der Waals surface area contributed by atoms with Gasteiger partial charge in [0.1, 0.15) is 23.1 Å². The first-order chi connectivity index (χ1) is 15.3. The number of rotatable bonds is 6. The number of benzene rings is 2. The molecule has 0 saturated carbocycles. The van der Waals surface area contributed by atoms with Crippen LogP contribution in [0.4, 0.5) is 14.5 Å². The van der Waals surface area contributed by atoms with E-state index in [2.05, 4.69) is 0 Å². The third-order valence-corrected chi connectivity index (χ3v) is 5.76. The van der Waals surface area contributed by atoms with Gasteiger partial charge < -0.3 is 9.47 Å². The lowest BCUT2D eigenvalue weighted by molar-refractivity contribution is -0.120. The monoisotopic (exact) mass is 461 g/mol. The quantitative estimate of drug-likeness (QED) is 0.463. The molecule has 0 radical (unpaired) electrons. The topological polar surface area (TPSA) is 72.9 Å². The molecule has 166 valence electrons. The average molecular weight is 462 g/mol. The molecule has 2 aromatic rings. The maximum absolute atomic E-state index is 14.7. The molecule has 0 fully saturated rings. The van der Waals surface area contributed by atoms with Crippen LogP contribution < -0.4 is 14.4 Å². The van der Waals surface area contributed by atoms with Crippen molar-refractivity contribution in [2.45, 2.75) is 25.7 Å². The van der Waals surface area contributed by atoms with Crippen molar-refractivity contribution in [3.8, 4) is 11.5 Å². The van der Waals surface area contributed by atoms with Gasteiger partial charge in [0.05, 0.1) is 23.4 Å². The number of Topliss-reactive ketones (excluding diaryl/α,β-unsaturated/α-hetero) is 1. The molecular weight excluding hydrogens is 444 g/mol. The van der Waals surface area contributed by atoms with E-state index in [0.717, 1.165) is 35.9 Å². The summed E-state index contributed by atoms with van der Waals surface area (Å²) in [5.41, 5.74) is 0.286. The molecule has 2 amide bonds. The average Bonchev–Trinajstić information content (AvgIpc) is 3.03. The second kappa shape index (κ2) is 8.70. The highest BCUT2D eigenvalue weighted by Crippen LogP contribution is 2.39. The zero-order chi connectivity index (χ0) is 23.0. The van der Waals surface area contributed by atoms with Gasteiger partial charge in [0.2, 0.25) is 5.78 Å². The Labute approximate surface area is 187 Å². The molecule has 0 spiro atoms. The summed E-state index contributed by atoms with van der Waals surface area (Å²) in [5.74, 6) is -3.33. The van der Waals surface area contributed by atoms with E-state index >= 15 is 0 Å². The highest BCUT2D eigenvalue weighted by Gasteiger charge is 2.41. The minimum atomic E-state index is -0.878. The van der Waals surface area contributed by atoms with Gasteiger partial charge in [-0.05, 0) is 43.9 Å². The SMILES string of the molecule is COc1ccc(C(=O)COc2cc(N3C(=O)C4=C(CCCC4)C3=O)c(F)cc2Cl)c(F)c1. The van der Waals surface area contributed by atoms with Crippen LogP contribution >= 0.6 is 11.6 Å². The molecule has 0 bridgehead atoms. The summed E-state index contributed by atoms with van der Waals surface area (Å²) in [6.07, 6.45) is 2.51. The maximum Gasteiger partial charge on any atom is 0.261 e. The number of carbonyl (C=O) groups excluding carboxylic acids is 3. The summed E-state index contributed by atoms with van der Waals surface area (Å²) >= 11 is 6.04. The van der Waals surface area contributed by atoms with E-state index < -0.39 is 35.8 Å². The predicted octanol–water partition coefficient (Wildman–Crippen LogP) is 4.63. The number of anilines is 1. The second-order valence-corrected chi connectivity index (χ2v) is 7.81. The van der Waals surface area contributed by atoms with Gasteiger partial charge in [-0.3, -0.25) is 14.4 Å². The Morgan fingerprint density at radius 2 is 1.69 bits per heavy atom. The third-order valence-electron chi connectivity index (χ3n) is 5.47. The number of methoxy groups -OCH3 is 1. The number of carbonyl (C=O) groups is 3. The number of hydrogen-bond donors (Lipinski definition) is 0. The highest BCUT2D eigenvalue weighted by molar-refractivity contribution is 6.34. The Morgan fingerprint density at radius 3 is 2.28 bits per heavy atom. The molecule has 0 unspecified atom stereocenters. The summed E-state index contributed by atoms with van der Waals surface area (Å²) < 4.78 is 39.1. The van der Waals surface area contributed by atoms with Crippen LogP contribution in [0, 0.1) is 11.6 Å². The van der Waals surface area contributed by atoms with E-state index in [1.165, 1.54) is 19.2 Å². The minimum Gasteiger partial charge on any atom is -0.497 e. The molecular formula is C23H18ClF2NO5. The fraction of sp³-hybridized carbons (Fsp3) is 0.261. The predicted molar refractivity (Wildman–Crippen MR) is 112 cm³/mol. The normalized spacial score (nSPS) is 15.8. The van der Waals surface area contributed by atoms with Crippen LogP contribution in [-0.2, 0) is 9.59 Å². The summed E-state index contributed by atoms with van der Waals surface area (Å²) in [5, 5.41) is -0.161. The summed E-state index contributed by atoms with van der Waals surface area (Å²) in [4.78, 5) is 38.6. The van der Waals surface area contributed by atoms with E-state index in [0.29, 0.717) is 24.0 Å². The van der Waals surface area contributed by atoms with Crippen LogP contribution in [0.2, 0.25) is 5.02 Å². The van der Waals surface area contributed by atoms with Crippen LogP contribution in [0.3, 0.4) is 0 Å². The van der Waals surface area contributed by atoms with Crippen molar-refractivity contribution in [2.75, 3.05) is 18.6 Å². The first-order valence-corrected chi connectivity index (χ1v) is 10.3. The smallest absolute Gasteiger partial charge is 0.261 e. The van der Waals surface area contributed by atoms with Crippen molar-refractivity contribution in [1.82, 2.24) is 0 Å². The summed E-state index contributed by atoms with van der Waals surface area (Å²) in [6, 6.07) is 5.76. The van der Waals surface area contributed by atoms with Crippen LogP contribution in [0.5, 0.6) is 11.5 Å². The van der Waals surface area contributed by atoms with Gasteiger partial charge >= 0.3 is 0 Å². The minimum absolute atomic E-state index is 0.115. The van der Waals surface area contributed by atoms with Gasteiger partial charge in [0.25, 0.3) is 11.8 Å². The molecule has 1 heterocycles. The van der Waals surface area contributed by atoms with Crippen molar-refractivity contribution in [2.24, 2.45) is 0 Å². The number of imide groups is 1. The van der Waals surface area contributed by atoms with Gasteiger partial charge in [0, 0.05) is 23.3 Å². The van der Waals surface area contributed by atoms with E-state index in [-0.39, 0.29) is 27.8 Å². The van der Waals surface area contributed by atoms with Crippen LogP contribution in [0.15, 0.2) is 41.5 Å². The summed E-state index contributed by atoms with van der Waals surface area (Å²) in [6.45, 7) is -0.593. The molecule has 0 N–H and O–H groups in total. The van der Waals surface area contributed by atoms with Crippen molar-refractivity contribution in [1.29, 1.82) is 0 Å². The molecule has 32 heavy (non-hydrogen) atoms. The molecule has 9 heteroatoms. The number of halogens is 3. The van der Waals surface area contributed by atoms with Gasteiger partial charge in [-0.2, -0.15) is 0 Å². The molecule has 2 aromatic carbocycles. The molecule has 0 saturated heterocycles. The van der Waals surface area contributed by atoms with Crippen LogP contribution in [0.1, 0.15) is 36.0 Å². The second-order valence-electron chi connectivity index (χ2n) is 7.40. The third kappa shape index (κ3) is 3.86. The van der Waals surface area contributed by atoms with Gasteiger partial charge in [-0.1, -0.05) is 11.6 Å². The fourth-order valence-corrected chi connectivity index (χ4v) is 4.03. The van der Waals surface area contributed by atoms with E-state index in [1.54, 1.807) is 0 Å². The lowest BCUT2D eigenvalue weighted by Gasteiger charge is -2.18. The summed E-state index contributed by atoms with van der Waals surface area (Å²) in [7, 11) is 1.37. The molecule has 0 atom stereocenters. The molecule has 2 aliphatic rings. The number of hydrogen-bond acceptors (Lipinski definition) is 5. The maximum atomic E-state index is 14.7. The molecule has 0 aromatic heterocycles. The zero-order valence-corrected chi connectivity index (χ0v) is 17.8. The Morgan fingerprint density at radius 1 is 1.03 bits per heavy atom. The van der Waals surface area contributed by atoms with Crippen molar-refractivity contribution >= 4 is 34.9 Å². The number of amides is 2. The van der Waals surface area contributed by atoms with Gasteiger partial charge in [-0.15, -0.1) is 0 Å². The molecule has 1 aliphatic carbocycles. The first-order valence-electron chi connectivity index (χ1n) is 9.91. The van der Waals surface area contributed by atoms with Crippen molar-refractivity contribution in [3.63, 3.8) is 0 Å². The first kappa shape index (κ1) is 22.0. The van der Waals surface area contributed by atoms with E-state index in [1.807, 2.05) is 0 Å². The van der Waals surface area contributed by atoms with Crippen LogP contribution in [0.25, 0.3) is 0 Å². The standard InChI is InChI=1S/C23H18ClF2NO5/c1-31-12-6-7-15(17(25)8-12)20(28)11-32-21-10-19(18(26)9-16(21)24)27-22(29)13-4-2-3-5-14(13)23(27)30/h6-10H,2-5,11H2,1H3. The van der Waals surface area contributed by atoms with Crippen molar-refractivity contribution < 1.29 is 32.6 Å². The largest absolute Gasteiger partial charge is 0.497 e.